The highest BCUT2D eigenvalue weighted by Gasteiger charge is 2.14. The van der Waals surface area contributed by atoms with Gasteiger partial charge in [-0.2, -0.15) is 0 Å². The Morgan fingerprint density at radius 3 is 2.31 bits per heavy atom. The summed E-state index contributed by atoms with van der Waals surface area (Å²) in [6.45, 7) is 2.96. The number of amides is 1. The molecule has 0 spiro atoms. The van der Waals surface area contributed by atoms with Crippen LogP contribution in [0.25, 0.3) is 6.08 Å². The van der Waals surface area contributed by atoms with Crippen molar-refractivity contribution in [3.63, 3.8) is 0 Å². The molecule has 0 radical (unpaired) electrons. The van der Waals surface area contributed by atoms with Crippen molar-refractivity contribution in [3.8, 4) is 23.0 Å². The molecule has 156 valence electrons. The minimum atomic E-state index is -0.219. The Morgan fingerprint density at radius 1 is 0.966 bits per heavy atom. The molecule has 1 amide bonds. The molecule has 0 unspecified atom stereocenters. The lowest BCUT2D eigenvalue weighted by atomic mass is 10.1. The van der Waals surface area contributed by atoms with E-state index in [1.165, 1.54) is 18.7 Å². The zero-order valence-electron chi connectivity index (χ0n) is 17.5. The van der Waals surface area contributed by atoms with Gasteiger partial charge in [0.05, 0.1) is 27.9 Å². The molecule has 2 rings (SSSR count). The van der Waals surface area contributed by atoms with Crippen LogP contribution in [0.3, 0.4) is 0 Å². The summed E-state index contributed by atoms with van der Waals surface area (Å²) in [5, 5.41) is 2.80. The summed E-state index contributed by atoms with van der Waals surface area (Å²) in [5.41, 5.74) is 2.01. The number of carbonyl (C=O) groups excluding carboxylic acids is 1. The fourth-order valence-electron chi connectivity index (χ4n) is 2.86. The maximum Gasteiger partial charge on any atom is 0.244 e. The number of nitrogens with one attached hydrogen (secondary N) is 1. The van der Waals surface area contributed by atoms with E-state index in [-0.39, 0.29) is 5.91 Å². The SMILES string of the molecule is CCCc1ccc(OCCNC(=O)/C=C/c2ccc(OC)c(OC)c2OC)cc1. The maximum absolute atomic E-state index is 12.1. The Balaban J connectivity index is 1.85. The lowest BCUT2D eigenvalue weighted by Gasteiger charge is -2.14. The van der Waals surface area contributed by atoms with Crippen LogP contribution in [-0.4, -0.2) is 40.4 Å². The van der Waals surface area contributed by atoms with E-state index in [0.29, 0.717) is 36.0 Å². The summed E-state index contributed by atoms with van der Waals surface area (Å²) >= 11 is 0. The average molecular weight is 399 g/mol. The molecule has 0 aliphatic rings. The van der Waals surface area contributed by atoms with Crippen LogP contribution >= 0.6 is 0 Å². The molecule has 1 N–H and O–H groups in total. The van der Waals surface area contributed by atoms with E-state index in [1.807, 2.05) is 12.1 Å². The second-order valence-corrected chi connectivity index (χ2v) is 6.29. The highest BCUT2D eigenvalue weighted by atomic mass is 16.5. The van der Waals surface area contributed by atoms with Crippen molar-refractivity contribution in [1.29, 1.82) is 0 Å². The number of hydrogen-bond donors (Lipinski definition) is 1. The van der Waals surface area contributed by atoms with Gasteiger partial charge in [0, 0.05) is 11.6 Å². The Labute approximate surface area is 172 Å². The van der Waals surface area contributed by atoms with E-state index in [2.05, 4.69) is 24.4 Å². The first kappa shape index (κ1) is 22.1. The van der Waals surface area contributed by atoms with Crippen molar-refractivity contribution in [1.82, 2.24) is 5.32 Å². The fraction of sp³-hybridized carbons (Fsp3) is 0.348. The van der Waals surface area contributed by atoms with Crippen molar-refractivity contribution in [2.24, 2.45) is 0 Å². The number of ether oxygens (including phenoxy) is 4. The fourth-order valence-corrected chi connectivity index (χ4v) is 2.86. The Morgan fingerprint density at radius 2 is 1.69 bits per heavy atom. The lowest BCUT2D eigenvalue weighted by molar-refractivity contribution is -0.116. The molecule has 0 aliphatic carbocycles. The van der Waals surface area contributed by atoms with E-state index >= 15 is 0 Å². The zero-order valence-corrected chi connectivity index (χ0v) is 17.5. The molecule has 0 heterocycles. The standard InChI is InChI=1S/C23H29NO5/c1-5-6-17-7-11-19(12-8-17)29-16-15-24-21(25)14-10-18-9-13-20(26-2)23(28-4)22(18)27-3/h7-14H,5-6,15-16H2,1-4H3,(H,24,25)/b14-10+. The van der Waals surface area contributed by atoms with Crippen molar-refractivity contribution >= 4 is 12.0 Å². The Kier molecular flexibility index (Phi) is 8.89. The van der Waals surface area contributed by atoms with Crippen LogP contribution in [0.15, 0.2) is 42.5 Å². The number of carbonyl (C=O) groups is 1. The monoisotopic (exact) mass is 399 g/mol. The van der Waals surface area contributed by atoms with Crippen LogP contribution < -0.4 is 24.3 Å². The van der Waals surface area contributed by atoms with Gasteiger partial charge >= 0.3 is 0 Å². The maximum atomic E-state index is 12.1. The van der Waals surface area contributed by atoms with Gasteiger partial charge in [-0.25, -0.2) is 0 Å². The van der Waals surface area contributed by atoms with Crippen molar-refractivity contribution in [2.75, 3.05) is 34.5 Å². The number of rotatable bonds is 11. The Bertz CT molecular complexity index is 815. The summed E-state index contributed by atoms with van der Waals surface area (Å²) < 4.78 is 21.7. The second-order valence-electron chi connectivity index (χ2n) is 6.29. The van der Waals surface area contributed by atoms with Crippen LogP contribution in [0.4, 0.5) is 0 Å². The van der Waals surface area contributed by atoms with Gasteiger partial charge in [-0.3, -0.25) is 4.79 Å². The van der Waals surface area contributed by atoms with Crippen LogP contribution in [0.2, 0.25) is 0 Å². The predicted molar refractivity (Wildman–Crippen MR) is 114 cm³/mol. The first-order chi connectivity index (χ1) is 14.1. The van der Waals surface area contributed by atoms with E-state index in [4.69, 9.17) is 18.9 Å². The molecule has 0 bridgehead atoms. The van der Waals surface area contributed by atoms with Crippen LogP contribution in [0.5, 0.6) is 23.0 Å². The average Bonchev–Trinajstić information content (AvgIpc) is 2.75. The summed E-state index contributed by atoms with van der Waals surface area (Å²) in [7, 11) is 4.64. The van der Waals surface area contributed by atoms with E-state index in [1.54, 1.807) is 32.4 Å². The molecule has 6 nitrogen and oxygen atoms in total. The molecule has 6 heteroatoms. The topological polar surface area (TPSA) is 66.0 Å². The number of methoxy groups -OCH3 is 3. The van der Waals surface area contributed by atoms with Gasteiger partial charge in [0.1, 0.15) is 12.4 Å². The molecular formula is C23H29NO5. The lowest BCUT2D eigenvalue weighted by Crippen LogP contribution is -2.26. The van der Waals surface area contributed by atoms with Crippen molar-refractivity contribution in [2.45, 2.75) is 19.8 Å². The molecule has 2 aromatic rings. The van der Waals surface area contributed by atoms with Gasteiger partial charge in [0.2, 0.25) is 11.7 Å². The molecule has 0 atom stereocenters. The summed E-state index contributed by atoms with van der Waals surface area (Å²) in [5.74, 6) is 2.13. The number of benzene rings is 2. The second kappa shape index (κ2) is 11.6. The van der Waals surface area contributed by atoms with E-state index in [0.717, 1.165) is 18.6 Å². The summed E-state index contributed by atoms with van der Waals surface area (Å²) in [6, 6.07) is 11.6. The van der Waals surface area contributed by atoms with Crippen molar-refractivity contribution < 1.29 is 23.7 Å². The third-order valence-corrected chi connectivity index (χ3v) is 4.28. The molecule has 2 aromatic carbocycles. The molecule has 0 aliphatic heterocycles. The quantitative estimate of drug-likeness (QED) is 0.459. The normalized spacial score (nSPS) is 10.6. The van der Waals surface area contributed by atoms with Crippen LogP contribution in [0.1, 0.15) is 24.5 Å². The smallest absolute Gasteiger partial charge is 0.244 e. The molecular weight excluding hydrogens is 370 g/mol. The minimum absolute atomic E-state index is 0.219. The highest BCUT2D eigenvalue weighted by Crippen LogP contribution is 2.40. The van der Waals surface area contributed by atoms with Gasteiger partial charge in [0.25, 0.3) is 0 Å². The third kappa shape index (κ3) is 6.45. The molecule has 0 aromatic heterocycles. The van der Waals surface area contributed by atoms with Gasteiger partial charge in [-0.1, -0.05) is 25.5 Å². The number of hydrogen-bond acceptors (Lipinski definition) is 5. The van der Waals surface area contributed by atoms with E-state index < -0.39 is 0 Å². The summed E-state index contributed by atoms with van der Waals surface area (Å²) in [4.78, 5) is 12.1. The Hall–Kier alpha value is -3.15. The summed E-state index contributed by atoms with van der Waals surface area (Å²) in [6.07, 6.45) is 5.30. The first-order valence-corrected chi connectivity index (χ1v) is 9.59. The van der Waals surface area contributed by atoms with Gasteiger partial charge in [-0.15, -0.1) is 0 Å². The first-order valence-electron chi connectivity index (χ1n) is 9.59. The number of aryl methyl sites for hydroxylation is 1. The van der Waals surface area contributed by atoms with Gasteiger partial charge < -0.3 is 24.3 Å². The minimum Gasteiger partial charge on any atom is -0.493 e. The highest BCUT2D eigenvalue weighted by molar-refractivity contribution is 5.92. The van der Waals surface area contributed by atoms with Crippen molar-refractivity contribution in [3.05, 3.63) is 53.6 Å². The molecule has 0 saturated carbocycles. The van der Waals surface area contributed by atoms with Gasteiger partial charge in [-0.05, 0) is 42.3 Å². The zero-order chi connectivity index (χ0) is 21.1. The van der Waals surface area contributed by atoms with Crippen LogP contribution in [0, 0.1) is 0 Å². The third-order valence-electron chi connectivity index (χ3n) is 4.28. The van der Waals surface area contributed by atoms with Crippen LogP contribution in [-0.2, 0) is 11.2 Å². The molecule has 0 saturated heterocycles. The molecule has 29 heavy (non-hydrogen) atoms. The largest absolute Gasteiger partial charge is 0.493 e. The molecule has 0 fully saturated rings. The van der Waals surface area contributed by atoms with Gasteiger partial charge in [0.15, 0.2) is 11.5 Å². The predicted octanol–water partition coefficient (Wildman–Crippen LogP) is 3.87. The van der Waals surface area contributed by atoms with E-state index in [9.17, 15) is 4.79 Å².